The number of nitrogens with zero attached hydrogens (tertiary/aromatic N) is 4. The van der Waals surface area contributed by atoms with Crippen LogP contribution in [0.15, 0.2) is 59.5 Å². The largest absolute Gasteiger partial charge is 0.340 e. The summed E-state index contributed by atoms with van der Waals surface area (Å²) in [6.07, 6.45) is 4.48. The van der Waals surface area contributed by atoms with Crippen LogP contribution < -0.4 is 5.56 Å². The Morgan fingerprint density at radius 2 is 1.93 bits per heavy atom. The van der Waals surface area contributed by atoms with Crippen LogP contribution in [0.1, 0.15) is 31.1 Å². The molecule has 29 heavy (non-hydrogen) atoms. The van der Waals surface area contributed by atoms with Crippen molar-refractivity contribution < 1.29 is 4.79 Å². The predicted octanol–water partition coefficient (Wildman–Crippen LogP) is 3.03. The van der Waals surface area contributed by atoms with E-state index in [0.717, 1.165) is 41.5 Å². The average Bonchev–Trinajstić information content (AvgIpc) is 3.20. The first kappa shape index (κ1) is 17.6. The van der Waals surface area contributed by atoms with E-state index in [2.05, 4.69) is 10.1 Å². The fourth-order valence-corrected chi connectivity index (χ4v) is 4.10. The molecule has 5 rings (SSSR count). The summed E-state index contributed by atoms with van der Waals surface area (Å²) in [5, 5.41) is 5.56. The van der Waals surface area contributed by atoms with Crippen LogP contribution >= 0.6 is 0 Å². The normalized spacial score (nSPS) is 17.1. The number of rotatable bonds is 3. The van der Waals surface area contributed by atoms with Gasteiger partial charge in [-0.1, -0.05) is 30.3 Å². The molecule has 1 fully saturated rings. The van der Waals surface area contributed by atoms with Crippen LogP contribution in [-0.4, -0.2) is 37.1 Å². The zero-order valence-corrected chi connectivity index (χ0v) is 15.9. The molecule has 0 spiro atoms. The predicted molar refractivity (Wildman–Crippen MR) is 110 cm³/mol. The van der Waals surface area contributed by atoms with Crippen LogP contribution in [0.5, 0.6) is 0 Å². The van der Waals surface area contributed by atoms with Crippen molar-refractivity contribution in [2.45, 2.75) is 31.8 Å². The SMILES string of the molecule is O=C(Cn1ncc2ccccc2c1=O)N1CCCC[C@@H]1c1nc2ccccc2[nH]1. The molecule has 146 valence electrons. The number of piperidine rings is 1. The van der Waals surface area contributed by atoms with Gasteiger partial charge in [-0.15, -0.1) is 0 Å². The number of aromatic amines is 1. The number of fused-ring (bicyclic) bond motifs is 2. The van der Waals surface area contributed by atoms with E-state index < -0.39 is 0 Å². The van der Waals surface area contributed by atoms with Crippen molar-refractivity contribution in [2.75, 3.05) is 6.54 Å². The molecule has 0 unspecified atom stereocenters. The van der Waals surface area contributed by atoms with Crippen LogP contribution in [0.2, 0.25) is 0 Å². The number of aromatic nitrogens is 4. The van der Waals surface area contributed by atoms with Gasteiger partial charge in [0.05, 0.1) is 28.7 Å². The lowest BCUT2D eigenvalue weighted by Crippen LogP contribution is -2.42. The van der Waals surface area contributed by atoms with E-state index in [1.807, 2.05) is 47.4 Å². The topological polar surface area (TPSA) is 83.9 Å². The Balaban J connectivity index is 1.44. The highest BCUT2D eigenvalue weighted by Crippen LogP contribution is 2.30. The van der Waals surface area contributed by atoms with Crippen molar-refractivity contribution in [3.05, 3.63) is 70.9 Å². The minimum atomic E-state index is -0.242. The number of para-hydroxylation sites is 2. The Kier molecular flexibility index (Phi) is 4.35. The summed E-state index contributed by atoms with van der Waals surface area (Å²) in [5.74, 6) is 0.693. The van der Waals surface area contributed by atoms with E-state index in [0.29, 0.717) is 11.9 Å². The Hall–Kier alpha value is -3.48. The van der Waals surface area contributed by atoms with Crippen LogP contribution in [-0.2, 0) is 11.3 Å². The molecule has 1 saturated heterocycles. The van der Waals surface area contributed by atoms with Gasteiger partial charge < -0.3 is 9.88 Å². The summed E-state index contributed by atoms with van der Waals surface area (Å²) in [7, 11) is 0. The van der Waals surface area contributed by atoms with E-state index in [-0.39, 0.29) is 24.1 Å². The highest BCUT2D eigenvalue weighted by atomic mass is 16.2. The van der Waals surface area contributed by atoms with Crippen LogP contribution in [0, 0.1) is 0 Å². The molecule has 0 aliphatic carbocycles. The third-order valence-corrected chi connectivity index (χ3v) is 5.59. The quantitative estimate of drug-likeness (QED) is 0.586. The summed E-state index contributed by atoms with van der Waals surface area (Å²) in [6, 6.07) is 15.0. The Bertz CT molecular complexity index is 1230. The molecule has 3 heterocycles. The monoisotopic (exact) mass is 387 g/mol. The second kappa shape index (κ2) is 7.16. The maximum Gasteiger partial charge on any atom is 0.275 e. The summed E-state index contributed by atoms with van der Waals surface area (Å²) >= 11 is 0. The van der Waals surface area contributed by atoms with Crippen LogP contribution in [0.25, 0.3) is 21.8 Å². The van der Waals surface area contributed by atoms with Crippen LogP contribution in [0.4, 0.5) is 0 Å². The van der Waals surface area contributed by atoms with Crippen LogP contribution in [0.3, 0.4) is 0 Å². The molecular formula is C22H21N5O2. The molecule has 0 bridgehead atoms. The zero-order valence-electron chi connectivity index (χ0n) is 15.9. The number of carbonyl (C=O) groups is 1. The number of carbonyl (C=O) groups excluding carboxylic acids is 1. The van der Waals surface area contributed by atoms with Crippen molar-refractivity contribution in [3.63, 3.8) is 0 Å². The van der Waals surface area contributed by atoms with Crippen molar-refractivity contribution in [1.82, 2.24) is 24.6 Å². The van der Waals surface area contributed by atoms with Gasteiger partial charge in [-0.2, -0.15) is 5.10 Å². The van der Waals surface area contributed by atoms with E-state index in [4.69, 9.17) is 4.98 Å². The smallest absolute Gasteiger partial charge is 0.275 e. The van der Waals surface area contributed by atoms with Gasteiger partial charge in [0, 0.05) is 11.9 Å². The molecule has 1 aliphatic rings. The minimum Gasteiger partial charge on any atom is -0.340 e. The van der Waals surface area contributed by atoms with Gasteiger partial charge in [-0.3, -0.25) is 9.59 Å². The second-order valence-electron chi connectivity index (χ2n) is 7.43. The molecule has 7 heteroatoms. The van der Waals surface area contributed by atoms with Crippen molar-refractivity contribution in [2.24, 2.45) is 0 Å². The van der Waals surface area contributed by atoms with E-state index >= 15 is 0 Å². The molecule has 1 amide bonds. The molecule has 1 atom stereocenters. The molecular weight excluding hydrogens is 366 g/mol. The first-order valence-electron chi connectivity index (χ1n) is 9.90. The maximum atomic E-state index is 13.1. The number of H-pyrrole nitrogens is 1. The fraction of sp³-hybridized carbons (Fsp3) is 0.273. The van der Waals surface area contributed by atoms with E-state index in [9.17, 15) is 9.59 Å². The van der Waals surface area contributed by atoms with Gasteiger partial charge in [0.1, 0.15) is 12.4 Å². The Morgan fingerprint density at radius 3 is 2.83 bits per heavy atom. The number of likely N-dealkylation sites (tertiary alicyclic amines) is 1. The second-order valence-corrected chi connectivity index (χ2v) is 7.43. The third kappa shape index (κ3) is 3.18. The number of amides is 1. The number of benzene rings is 2. The molecule has 2 aromatic carbocycles. The molecule has 4 aromatic rings. The van der Waals surface area contributed by atoms with Gasteiger partial charge >= 0.3 is 0 Å². The summed E-state index contributed by atoms with van der Waals surface area (Å²) in [6.45, 7) is 0.587. The Labute approximate surface area is 167 Å². The zero-order chi connectivity index (χ0) is 19.8. The van der Waals surface area contributed by atoms with Gasteiger partial charge in [-0.05, 0) is 37.5 Å². The summed E-state index contributed by atoms with van der Waals surface area (Å²) in [5.41, 5.74) is 1.62. The fourth-order valence-electron chi connectivity index (χ4n) is 4.10. The molecule has 1 N–H and O–H groups in total. The van der Waals surface area contributed by atoms with E-state index in [1.165, 1.54) is 4.68 Å². The maximum absolute atomic E-state index is 13.1. The van der Waals surface area contributed by atoms with Gasteiger partial charge in [0.25, 0.3) is 5.56 Å². The van der Waals surface area contributed by atoms with Gasteiger partial charge in [0.2, 0.25) is 5.91 Å². The average molecular weight is 387 g/mol. The number of hydrogen-bond acceptors (Lipinski definition) is 4. The molecule has 0 saturated carbocycles. The number of nitrogens with one attached hydrogen (secondary N) is 1. The van der Waals surface area contributed by atoms with Crippen molar-refractivity contribution >= 4 is 27.7 Å². The lowest BCUT2D eigenvalue weighted by atomic mass is 10.0. The van der Waals surface area contributed by atoms with Gasteiger partial charge in [-0.25, -0.2) is 9.67 Å². The molecule has 0 radical (unpaired) electrons. The summed E-state index contributed by atoms with van der Waals surface area (Å²) < 4.78 is 1.26. The third-order valence-electron chi connectivity index (χ3n) is 5.59. The minimum absolute atomic E-state index is 0.0691. The lowest BCUT2D eigenvalue weighted by Gasteiger charge is -2.34. The molecule has 7 nitrogen and oxygen atoms in total. The first-order valence-corrected chi connectivity index (χ1v) is 9.90. The van der Waals surface area contributed by atoms with Crippen molar-refractivity contribution in [1.29, 1.82) is 0 Å². The first-order chi connectivity index (χ1) is 14.2. The summed E-state index contributed by atoms with van der Waals surface area (Å²) in [4.78, 5) is 35.8. The molecule has 2 aromatic heterocycles. The molecule has 1 aliphatic heterocycles. The van der Waals surface area contributed by atoms with E-state index in [1.54, 1.807) is 12.3 Å². The highest BCUT2D eigenvalue weighted by Gasteiger charge is 2.30. The number of imidazole rings is 1. The standard InChI is InChI=1S/C22H21N5O2/c28-20(14-27-22(29)16-8-2-1-7-15(16)13-23-27)26-12-6-5-11-19(26)21-24-17-9-3-4-10-18(17)25-21/h1-4,7-10,13,19H,5-6,11-12,14H2,(H,24,25)/t19-/m1/s1. The van der Waals surface area contributed by atoms with Crippen molar-refractivity contribution in [3.8, 4) is 0 Å². The lowest BCUT2D eigenvalue weighted by molar-refractivity contribution is -0.136. The van der Waals surface area contributed by atoms with Gasteiger partial charge in [0.15, 0.2) is 0 Å². The number of hydrogen-bond donors (Lipinski definition) is 1. The highest BCUT2D eigenvalue weighted by molar-refractivity contribution is 5.81. The Morgan fingerprint density at radius 1 is 1.10 bits per heavy atom.